The van der Waals surface area contributed by atoms with Crippen molar-refractivity contribution in [3.05, 3.63) is 77.7 Å². The molecule has 7 nitrogen and oxygen atoms in total. The van der Waals surface area contributed by atoms with Crippen molar-refractivity contribution < 1.29 is 13.9 Å². The van der Waals surface area contributed by atoms with Crippen LogP contribution in [0.25, 0.3) is 16.9 Å². The Hall–Kier alpha value is -3.94. The number of aryl methyl sites for hydroxylation is 1. The van der Waals surface area contributed by atoms with Crippen molar-refractivity contribution in [2.75, 3.05) is 25.1 Å². The number of anilines is 1. The summed E-state index contributed by atoms with van der Waals surface area (Å²) in [5.74, 6) is 1.51. The van der Waals surface area contributed by atoms with E-state index in [0.29, 0.717) is 6.54 Å². The number of hydrogen-bond donors (Lipinski definition) is 1. The fourth-order valence-corrected chi connectivity index (χ4v) is 4.52. The van der Waals surface area contributed by atoms with Gasteiger partial charge in [0.2, 0.25) is 5.91 Å². The van der Waals surface area contributed by atoms with Crippen molar-refractivity contribution in [1.29, 1.82) is 0 Å². The maximum Gasteiger partial charge on any atom is 0.223 e. The van der Waals surface area contributed by atoms with Crippen LogP contribution in [0.1, 0.15) is 24.1 Å². The number of hydrogen-bond acceptors (Lipinski definition) is 5. The normalized spacial score (nSPS) is 14.3. The van der Waals surface area contributed by atoms with E-state index in [1.807, 2.05) is 47.8 Å². The standard InChI is InChI=1S/C27H28FN5O2/c1-18-15-26(33-25(30-18)16-24(31-33)20-5-9-23(35-2)10-6-20)32-13-11-21(12-14-32)27(34)29-17-19-3-7-22(28)8-4-19/h3-10,15-16,21H,11-14,17H2,1-2H3,(H,29,34). The summed E-state index contributed by atoms with van der Waals surface area (Å²) in [6, 6.07) is 18.1. The lowest BCUT2D eigenvalue weighted by Crippen LogP contribution is -2.41. The summed E-state index contributed by atoms with van der Waals surface area (Å²) in [4.78, 5) is 19.7. The summed E-state index contributed by atoms with van der Waals surface area (Å²) in [5.41, 5.74) is 4.45. The second-order valence-corrected chi connectivity index (χ2v) is 8.89. The minimum atomic E-state index is -0.277. The molecule has 4 aromatic rings. The fraction of sp³-hybridized carbons (Fsp3) is 0.296. The van der Waals surface area contributed by atoms with Gasteiger partial charge in [0.1, 0.15) is 17.4 Å². The topological polar surface area (TPSA) is 71.8 Å². The van der Waals surface area contributed by atoms with Crippen LogP contribution in [0.15, 0.2) is 60.7 Å². The minimum Gasteiger partial charge on any atom is -0.497 e. The van der Waals surface area contributed by atoms with Gasteiger partial charge in [0.15, 0.2) is 5.65 Å². The summed E-state index contributed by atoms with van der Waals surface area (Å²) in [5, 5.41) is 7.84. The number of methoxy groups -OCH3 is 1. The molecular weight excluding hydrogens is 445 g/mol. The number of carbonyl (C=O) groups excluding carboxylic acids is 1. The van der Waals surface area contributed by atoms with Gasteiger partial charge in [0.05, 0.1) is 12.8 Å². The number of ether oxygens (including phenoxy) is 1. The first kappa shape index (κ1) is 22.8. The van der Waals surface area contributed by atoms with Gasteiger partial charge in [-0.3, -0.25) is 4.79 Å². The van der Waals surface area contributed by atoms with Crippen molar-refractivity contribution >= 4 is 17.4 Å². The minimum absolute atomic E-state index is 0.0439. The molecule has 1 N–H and O–H groups in total. The van der Waals surface area contributed by atoms with Gasteiger partial charge in [-0.15, -0.1) is 0 Å². The highest BCUT2D eigenvalue weighted by molar-refractivity contribution is 5.79. The molecule has 2 aromatic carbocycles. The van der Waals surface area contributed by atoms with E-state index in [1.165, 1.54) is 12.1 Å². The monoisotopic (exact) mass is 473 g/mol. The molecule has 3 heterocycles. The molecule has 0 saturated carbocycles. The number of aromatic nitrogens is 3. The van der Waals surface area contributed by atoms with Crippen molar-refractivity contribution in [3.63, 3.8) is 0 Å². The molecule has 0 bridgehead atoms. The van der Waals surface area contributed by atoms with Gasteiger partial charge in [-0.1, -0.05) is 12.1 Å². The third-order valence-corrected chi connectivity index (χ3v) is 6.49. The van der Waals surface area contributed by atoms with Gasteiger partial charge in [-0.2, -0.15) is 9.61 Å². The maximum absolute atomic E-state index is 13.1. The Balaban J connectivity index is 1.28. The summed E-state index contributed by atoms with van der Waals surface area (Å²) in [6.45, 7) is 3.90. The molecule has 0 unspecified atom stereocenters. The Kier molecular flexibility index (Phi) is 6.35. The average Bonchev–Trinajstić information content (AvgIpc) is 3.32. The first-order valence-corrected chi connectivity index (χ1v) is 11.8. The van der Waals surface area contributed by atoms with Crippen LogP contribution in [0.4, 0.5) is 10.2 Å². The number of halogens is 1. The molecule has 2 aromatic heterocycles. The van der Waals surface area contributed by atoms with Crippen LogP contribution in [0.3, 0.4) is 0 Å². The van der Waals surface area contributed by atoms with Crippen LogP contribution in [0, 0.1) is 18.7 Å². The highest BCUT2D eigenvalue weighted by atomic mass is 19.1. The lowest BCUT2D eigenvalue weighted by Gasteiger charge is -2.33. The van der Waals surface area contributed by atoms with Gasteiger partial charge in [0, 0.05) is 48.9 Å². The van der Waals surface area contributed by atoms with Gasteiger partial charge in [0.25, 0.3) is 0 Å². The van der Waals surface area contributed by atoms with Crippen LogP contribution in [-0.4, -0.2) is 40.7 Å². The number of fused-ring (bicyclic) bond motifs is 1. The Morgan fingerprint density at radius 2 is 1.80 bits per heavy atom. The molecule has 1 fully saturated rings. The van der Waals surface area contributed by atoms with E-state index < -0.39 is 0 Å². The number of nitrogens with zero attached hydrogens (tertiary/aromatic N) is 4. The predicted octanol–water partition coefficient (Wildman–Crippen LogP) is 4.39. The third kappa shape index (κ3) is 4.96. The Morgan fingerprint density at radius 3 is 2.49 bits per heavy atom. The largest absolute Gasteiger partial charge is 0.497 e. The van der Waals surface area contributed by atoms with Gasteiger partial charge < -0.3 is 15.0 Å². The zero-order valence-electron chi connectivity index (χ0n) is 19.9. The van der Waals surface area contributed by atoms with Crippen LogP contribution < -0.4 is 15.0 Å². The molecule has 1 saturated heterocycles. The highest BCUT2D eigenvalue weighted by Crippen LogP contribution is 2.28. The quantitative estimate of drug-likeness (QED) is 0.450. The maximum atomic E-state index is 13.1. The molecule has 35 heavy (non-hydrogen) atoms. The summed E-state index contributed by atoms with van der Waals surface area (Å²) in [7, 11) is 1.65. The zero-order chi connectivity index (χ0) is 24.4. The van der Waals surface area contributed by atoms with E-state index >= 15 is 0 Å². The number of carbonyl (C=O) groups is 1. The Labute approximate surface area is 203 Å². The van der Waals surface area contributed by atoms with Gasteiger partial charge >= 0.3 is 0 Å². The van der Waals surface area contributed by atoms with E-state index in [0.717, 1.165) is 65.7 Å². The molecule has 0 atom stereocenters. The number of piperidine rings is 1. The molecule has 0 spiro atoms. The summed E-state index contributed by atoms with van der Waals surface area (Å²) in [6.07, 6.45) is 1.51. The third-order valence-electron chi connectivity index (χ3n) is 6.49. The van der Waals surface area contributed by atoms with Gasteiger partial charge in [-0.05, 0) is 61.7 Å². The lowest BCUT2D eigenvalue weighted by atomic mass is 9.95. The molecule has 1 amide bonds. The molecule has 1 aliphatic heterocycles. The molecule has 0 aliphatic carbocycles. The lowest BCUT2D eigenvalue weighted by molar-refractivity contribution is -0.125. The first-order valence-electron chi connectivity index (χ1n) is 11.8. The van der Waals surface area contributed by atoms with E-state index in [2.05, 4.69) is 15.2 Å². The van der Waals surface area contributed by atoms with Gasteiger partial charge in [-0.25, -0.2) is 9.37 Å². The van der Waals surface area contributed by atoms with Crippen LogP contribution in [0.2, 0.25) is 0 Å². The smallest absolute Gasteiger partial charge is 0.223 e. The van der Waals surface area contributed by atoms with E-state index in [1.54, 1.807) is 19.2 Å². The second kappa shape index (κ2) is 9.74. The Bertz CT molecular complexity index is 1330. The van der Waals surface area contributed by atoms with E-state index in [4.69, 9.17) is 9.84 Å². The molecule has 0 radical (unpaired) electrons. The fourth-order valence-electron chi connectivity index (χ4n) is 4.52. The van der Waals surface area contributed by atoms with Crippen LogP contribution in [-0.2, 0) is 11.3 Å². The average molecular weight is 474 g/mol. The Morgan fingerprint density at radius 1 is 1.09 bits per heavy atom. The van der Waals surface area contributed by atoms with E-state index in [9.17, 15) is 9.18 Å². The summed E-state index contributed by atoms with van der Waals surface area (Å²) >= 11 is 0. The van der Waals surface area contributed by atoms with Crippen LogP contribution >= 0.6 is 0 Å². The highest BCUT2D eigenvalue weighted by Gasteiger charge is 2.26. The van der Waals surface area contributed by atoms with Crippen molar-refractivity contribution in [1.82, 2.24) is 19.9 Å². The molecular formula is C27H28FN5O2. The molecule has 5 rings (SSSR count). The number of benzene rings is 2. The van der Waals surface area contributed by atoms with Crippen LogP contribution in [0.5, 0.6) is 5.75 Å². The molecule has 180 valence electrons. The van der Waals surface area contributed by atoms with E-state index in [-0.39, 0.29) is 17.6 Å². The van der Waals surface area contributed by atoms with Crippen molar-refractivity contribution in [2.45, 2.75) is 26.3 Å². The summed E-state index contributed by atoms with van der Waals surface area (Å²) < 4.78 is 20.2. The SMILES string of the molecule is COc1ccc(-c2cc3nc(C)cc(N4CCC(C(=O)NCc5ccc(F)cc5)CC4)n3n2)cc1. The number of nitrogens with one attached hydrogen (secondary N) is 1. The second-order valence-electron chi connectivity index (χ2n) is 8.89. The predicted molar refractivity (Wildman–Crippen MR) is 133 cm³/mol. The van der Waals surface area contributed by atoms with Crippen molar-refractivity contribution in [3.8, 4) is 17.0 Å². The zero-order valence-corrected chi connectivity index (χ0v) is 19.9. The number of amides is 1. The molecule has 8 heteroatoms. The molecule has 1 aliphatic rings. The van der Waals surface area contributed by atoms with Crippen molar-refractivity contribution in [2.24, 2.45) is 5.92 Å². The number of rotatable bonds is 6. The first-order chi connectivity index (χ1) is 17.0.